The van der Waals surface area contributed by atoms with E-state index in [0.29, 0.717) is 0 Å². The summed E-state index contributed by atoms with van der Waals surface area (Å²) in [5, 5.41) is 7.61. The highest BCUT2D eigenvalue weighted by Gasteiger charge is 2.21. The fourth-order valence-electron chi connectivity index (χ4n) is 10.5. The summed E-state index contributed by atoms with van der Waals surface area (Å²) in [6.07, 6.45) is 0. The van der Waals surface area contributed by atoms with Crippen LogP contribution < -0.4 is 4.90 Å². The molecule has 1 nitrogen and oxygen atoms in total. The predicted octanol–water partition coefficient (Wildman–Crippen LogP) is 19.8. The molecule has 13 rings (SSSR count). The van der Waals surface area contributed by atoms with Crippen LogP contribution in [0.15, 0.2) is 273 Å². The van der Waals surface area contributed by atoms with Crippen molar-refractivity contribution in [2.75, 3.05) is 4.90 Å². The van der Waals surface area contributed by atoms with Gasteiger partial charge < -0.3 is 4.90 Å². The second-order valence-electron chi connectivity index (χ2n) is 18.0. The molecule has 0 bridgehead atoms. The highest BCUT2D eigenvalue weighted by atomic mass is 32.1. The summed E-state index contributed by atoms with van der Waals surface area (Å²) < 4.78 is 2.63. The summed E-state index contributed by atoms with van der Waals surface area (Å²) in [6.45, 7) is 0. The molecule has 12 aromatic carbocycles. The van der Waals surface area contributed by atoms with Crippen LogP contribution in [0.4, 0.5) is 17.1 Å². The van der Waals surface area contributed by atoms with Gasteiger partial charge in [-0.25, -0.2) is 0 Å². The number of hydrogen-bond donors (Lipinski definition) is 0. The Balaban J connectivity index is 0.990. The topological polar surface area (TPSA) is 3.24 Å². The summed E-state index contributed by atoms with van der Waals surface area (Å²) in [5.41, 5.74) is 17.6. The zero-order valence-electron chi connectivity index (χ0n) is 38.3. The summed E-state index contributed by atoms with van der Waals surface area (Å²) in [7, 11) is 0. The van der Waals surface area contributed by atoms with Crippen LogP contribution in [0.3, 0.4) is 0 Å². The Morgan fingerprint density at radius 2 is 0.743 bits per heavy atom. The third kappa shape index (κ3) is 7.43. The van der Waals surface area contributed by atoms with E-state index >= 15 is 0 Å². The van der Waals surface area contributed by atoms with Crippen LogP contribution in [0.1, 0.15) is 0 Å². The summed E-state index contributed by atoms with van der Waals surface area (Å²) in [6, 6.07) is 100. The number of fused-ring (bicyclic) bond motifs is 6. The zero-order chi connectivity index (χ0) is 46.4. The Bertz CT molecular complexity index is 4020. The van der Waals surface area contributed by atoms with Crippen LogP contribution in [-0.4, -0.2) is 0 Å². The monoisotopic (exact) mass is 907 g/mol. The lowest BCUT2D eigenvalue weighted by Gasteiger charge is -2.29. The molecule has 0 aliphatic rings. The van der Waals surface area contributed by atoms with Gasteiger partial charge in [0.1, 0.15) is 0 Å². The van der Waals surface area contributed by atoms with E-state index in [1.807, 2.05) is 11.3 Å². The maximum atomic E-state index is 2.45. The van der Waals surface area contributed by atoms with E-state index in [0.717, 1.165) is 33.8 Å². The van der Waals surface area contributed by atoms with Gasteiger partial charge in [-0.1, -0.05) is 224 Å². The molecular formula is C68H45NS. The summed E-state index contributed by atoms with van der Waals surface area (Å²) in [4.78, 5) is 2.45. The molecule has 0 unspecified atom stereocenters. The van der Waals surface area contributed by atoms with Gasteiger partial charge in [-0.05, 0) is 131 Å². The lowest BCUT2D eigenvalue weighted by molar-refractivity contribution is 1.28. The first-order chi connectivity index (χ1) is 34.7. The molecular weight excluding hydrogens is 863 g/mol. The van der Waals surface area contributed by atoms with Crippen LogP contribution in [0.25, 0.3) is 108 Å². The second-order valence-corrected chi connectivity index (χ2v) is 19.0. The van der Waals surface area contributed by atoms with Crippen LogP contribution >= 0.6 is 11.3 Å². The minimum absolute atomic E-state index is 1.07. The van der Waals surface area contributed by atoms with E-state index in [4.69, 9.17) is 0 Å². The van der Waals surface area contributed by atoms with Crippen molar-refractivity contribution in [3.8, 4) is 66.8 Å². The molecule has 0 radical (unpaired) electrons. The molecule has 0 saturated heterocycles. The van der Waals surface area contributed by atoms with Crippen molar-refractivity contribution < 1.29 is 0 Å². The fourth-order valence-corrected chi connectivity index (χ4v) is 11.7. The SMILES string of the molecule is c1ccc(-c2ccc(-c3ccc(N(c4ccc(-c5cccc6c5sc5ccccc56)cc4)c4cc(-c5cc6ccccc6c6ccccc56)ccc4-c4ccccc4)cc3)cc2-c2ccccc2)cc1. The van der Waals surface area contributed by atoms with Crippen molar-refractivity contribution in [3.63, 3.8) is 0 Å². The number of anilines is 3. The minimum atomic E-state index is 1.07. The van der Waals surface area contributed by atoms with Gasteiger partial charge in [0.05, 0.1) is 5.69 Å². The van der Waals surface area contributed by atoms with E-state index in [1.54, 1.807) is 0 Å². The Labute approximate surface area is 412 Å². The number of hydrogen-bond acceptors (Lipinski definition) is 2. The quantitative estimate of drug-likeness (QED) is 0.130. The average Bonchev–Trinajstić information content (AvgIpc) is 3.83. The molecule has 0 spiro atoms. The van der Waals surface area contributed by atoms with Gasteiger partial charge in [-0.15, -0.1) is 11.3 Å². The van der Waals surface area contributed by atoms with Gasteiger partial charge in [0.2, 0.25) is 0 Å². The lowest BCUT2D eigenvalue weighted by Crippen LogP contribution is -2.11. The van der Waals surface area contributed by atoms with Crippen molar-refractivity contribution in [3.05, 3.63) is 273 Å². The van der Waals surface area contributed by atoms with E-state index in [1.165, 1.54) is 91.8 Å². The number of thiophene rings is 1. The van der Waals surface area contributed by atoms with Crippen LogP contribution in [0.5, 0.6) is 0 Å². The highest BCUT2D eigenvalue weighted by molar-refractivity contribution is 7.26. The molecule has 0 fully saturated rings. The Hall–Kier alpha value is -8.82. The molecule has 0 saturated carbocycles. The number of rotatable bonds is 9. The van der Waals surface area contributed by atoms with Gasteiger partial charge in [0.25, 0.3) is 0 Å². The predicted molar refractivity (Wildman–Crippen MR) is 302 cm³/mol. The summed E-state index contributed by atoms with van der Waals surface area (Å²) >= 11 is 1.88. The standard InChI is InChI=1S/C68H45NS/c1-4-17-47(18-5-1)57-41-35-51(43-64(57)49-21-8-3-9-22-49)46-31-37-54(38-32-46)69(55-39-33-50(34-40-55)59-28-16-29-63-62-27-14-15-30-67(62)70-68(59)63)66-45-53(36-42-58(66)48-19-6-2-7-20-48)65-44-52-23-10-11-24-56(52)60-25-12-13-26-61(60)65/h1-45H. The first-order valence-corrected chi connectivity index (χ1v) is 24.8. The smallest absolute Gasteiger partial charge is 0.0546 e. The van der Waals surface area contributed by atoms with Crippen molar-refractivity contribution >= 4 is 70.1 Å². The molecule has 0 atom stereocenters. The number of benzene rings is 12. The second kappa shape index (κ2) is 17.7. The summed E-state index contributed by atoms with van der Waals surface area (Å²) in [5.74, 6) is 0. The average molecular weight is 908 g/mol. The van der Waals surface area contributed by atoms with Gasteiger partial charge in [0.15, 0.2) is 0 Å². The van der Waals surface area contributed by atoms with E-state index < -0.39 is 0 Å². The lowest BCUT2D eigenvalue weighted by atomic mass is 9.91. The Kier molecular flexibility index (Phi) is 10.5. The van der Waals surface area contributed by atoms with Crippen molar-refractivity contribution in [2.24, 2.45) is 0 Å². The van der Waals surface area contributed by atoms with Crippen LogP contribution in [0.2, 0.25) is 0 Å². The molecule has 13 aromatic rings. The molecule has 0 aliphatic carbocycles. The van der Waals surface area contributed by atoms with E-state index in [-0.39, 0.29) is 0 Å². The Morgan fingerprint density at radius 1 is 0.243 bits per heavy atom. The first-order valence-electron chi connectivity index (χ1n) is 24.0. The van der Waals surface area contributed by atoms with Gasteiger partial charge in [-0.2, -0.15) is 0 Å². The third-order valence-corrected chi connectivity index (χ3v) is 15.1. The normalized spacial score (nSPS) is 11.4. The molecule has 70 heavy (non-hydrogen) atoms. The first kappa shape index (κ1) is 41.4. The highest BCUT2D eigenvalue weighted by Crippen LogP contribution is 2.47. The molecule has 1 heterocycles. The maximum absolute atomic E-state index is 2.45. The van der Waals surface area contributed by atoms with Gasteiger partial charge >= 0.3 is 0 Å². The molecule has 328 valence electrons. The molecule has 0 N–H and O–H groups in total. The number of nitrogens with zero attached hydrogens (tertiary/aromatic N) is 1. The van der Waals surface area contributed by atoms with Crippen molar-refractivity contribution in [2.45, 2.75) is 0 Å². The van der Waals surface area contributed by atoms with Crippen LogP contribution in [0, 0.1) is 0 Å². The maximum Gasteiger partial charge on any atom is 0.0546 e. The largest absolute Gasteiger partial charge is 0.310 e. The molecule has 2 heteroatoms. The third-order valence-electron chi connectivity index (χ3n) is 13.9. The van der Waals surface area contributed by atoms with Crippen molar-refractivity contribution in [1.29, 1.82) is 0 Å². The Morgan fingerprint density at radius 3 is 1.44 bits per heavy atom. The van der Waals surface area contributed by atoms with Crippen molar-refractivity contribution in [1.82, 2.24) is 0 Å². The van der Waals surface area contributed by atoms with E-state index in [9.17, 15) is 0 Å². The zero-order valence-corrected chi connectivity index (χ0v) is 39.2. The molecule has 0 aliphatic heterocycles. The fraction of sp³-hybridized carbons (Fsp3) is 0. The molecule has 1 aromatic heterocycles. The van der Waals surface area contributed by atoms with Crippen LogP contribution in [-0.2, 0) is 0 Å². The molecule has 0 amide bonds. The van der Waals surface area contributed by atoms with Gasteiger partial charge in [-0.3, -0.25) is 0 Å². The minimum Gasteiger partial charge on any atom is -0.310 e. The van der Waals surface area contributed by atoms with E-state index in [2.05, 4.69) is 278 Å². The van der Waals surface area contributed by atoms with Gasteiger partial charge in [0, 0.05) is 37.1 Å².